The first kappa shape index (κ1) is 17.0. The molecule has 0 radical (unpaired) electrons. The maximum Gasteiger partial charge on any atom is 0.356 e. The molecule has 27 heavy (non-hydrogen) atoms. The van der Waals surface area contributed by atoms with E-state index in [2.05, 4.69) is 10.3 Å². The monoisotopic (exact) mass is 387 g/mol. The lowest BCUT2D eigenvalue weighted by atomic mass is 9.49. The number of amides is 1. The Morgan fingerprint density at radius 1 is 1.19 bits per heavy atom. The van der Waals surface area contributed by atoms with Crippen molar-refractivity contribution in [1.82, 2.24) is 14.7 Å². The minimum Gasteiger partial charge on any atom is -0.476 e. The minimum atomic E-state index is -1.13. The average Bonchev–Trinajstić information content (AvgIpc) is 3.03. The van der Waals surface area contributed by atoms with Crippen molar-refractivity contribution < 1.29 is 14.7 Å². The Morgan fingerprint density at radius 2 is 1.81 bits per heavy atom. The number of nitrogens with zero attached hydrogens (tertiary/aromatic N) is 2. The van der Waals surface area contributed by atoms with Crippen LogP contribution in [0.1, 0.15) is 59.5 Å². The predicted octanol–water partition coefficient (Wildman–Crippen LogP) is 3.63. The van der Waals surface area contributed by atoms with Crippen LogP contribution in [0.15, 0.2) is 18.3 Å². The van der Waals surface area contributed by atoms with E-state index in [9.17, 15) is 14.7 Å². The maximum atomic E-state index is 13.0. The number of hydrogen-bond donors (Lipinski definition) is 2. The summed E-state index contributed by atoms with van der Waals surface area (Å²) in [6.45, 7) is 0.669. The Kier molecular flexibility index (Phi) is 3.76. The number of aromatic nitrogens is 2. The van der Waals surface area contributed by atoms with E-state index in [0.717, 1.165) is 17.8 Å². The van der Waals surface area contributed by atoms with Crippen molar-refractivity contribution in [2.75, 3.05) is 6.54 Å². The number of hydrogen-bond acceptors (Lipinski definition) is 3. The lowest BCUT2D eigenvalue weighted by Crippen LogP contribution is -2.51. The van der Waals surface area contributed by atoms with E-state index < -0.39 is 5.97 Å². The molecule has 0 unspecified atom stereocenters. The number of carboxylic acid groups (broad SMARTS) is 1. The summed E-state index contributed by atoms with van der Waals surface area (Å²) in [6, 6.07) is 3.21. The number of nitrogens with one attached hydrogen (secondary N) is 1. The van der Waals surface area contributed by atoms with Gasteiger partial charge in [0.05, 0.1) is 5.02 Å². The highest BCUT2D eigenvalue weighted by molar-refractivity contribution is 6.33. The molecule has 2 N–H and O–H groups in total. The van der Waals surface area contributed by atoms with Crippen molar-refractivity contribution in [1.29, 1.82) is 0 Å². The van der Waals surface area contributed by atoms with Crippen LogP contribution in [0.25, 0.3) is 5.65 Å². The lowest BCUT2D eigenvalue weighted by Gasteiger charge is -2.56. The van der Waals surface area contributed by atoms with E-state index in [4.69, 9.17) is 11.6 Å². The second-order valence-corrected chi connectivity index (χ2v) is 9.20. The summed E-state index contributed by atoms with van der Waals surface area (Å²) in [5.41, 5.74) is 0.773. The smallest absolute Gasteiger partial charge is 0.356 e. The van der Waals surface area contributed by atoms with Crippen molar-refractivity contribution in [3.05, 3.63) is 34.7 Å². The van der Waals surface area contributed by atoms with Gasteiger partial charge in [0.2, 0.25) is 0 Å². The SMILES string of the molecule is O=C(O)c1cn2c(C(=O)NCC34CC5CC(CC(C5)C3)C4)c(Cl)ccc2n1. The first-order valence-corrected chi connectivity index (χ1v) is 9.99. The summed E-state index contributed by atoms with van der Waals surface area (Å²) in [5.74, 6) is 1.08. The van der Waals surface area contributed by atoms with Crippen molar-refractivity contribution in [3.63, 3.8) is 0 Å². The molecule has 2 aromatic heterocycles. The Hall–Kier alpha value is -2.08. The highest BCUT2D eigenvalue weighted by Crippen LogP contribution is 2.59. The first-order valence-electron chi connectivity index (χ1n) is 9.61. The highest BCUT2D eigenvalue weighted by atomic mass is 35.5. The Morgan fingerprint density at radius 3 is 2.41 bits per heavy atom. The minimum absolute atomic E-state index is 0.104. The average molecular weight is 388 g/mol. The topological polar surface area (TPSA) is 83.7 Å². The fraction of sp³-hybridized carbons (Fsp3) is 0.550. The second-order valence-electron chi connectivity index (χ2n) is 8.79. The van der Waals surface area contributed by atoms with Gasteiger partial charge in [-0.25, -0.2) is 9.78 Å². The maximum absolute atomic E-state index is 13.0. The van der Waals surface area contributed by atoms with Crippen LogP contribution in [0.4, 0.5) is 0 Å². The van der Waals surface area contributed by atoms with Crippen LogP contribution in [0.5, 0.6) is 0 Å². The van der Waals surface area contributed by atoms with Gasteiger partial charge >= 0.3 is 5.97 Å². The van der Waals surface area contributed by atoms with Crippen molar-refractivity contribution in [3.8, 4) is 0 Å². The molecule has 4 aliphatic rings. The summed E-state index contributed by atoms with van der Waals surface area (Å²) in [7, 11) is 0. The molecular weight excluding hydrogens is 366 g/mol. The van der Waals surface area contributed by atoms with E-state index in [1.807, 2.05) is 0 Å². The first-order chi connectivity index (χ1) is 12.9. The summed E-state index contributed by atoms with van der Waals surface area (Å²) >= 11 is 6.28. The molecule has 4 saturated carbocycles. The molecule has 4 fully saturated rings. The van der Waals surface area contributed by atoms with E-state index in [-0.39, 0.29) is 22.7 Å². The van der Waals surface area contributed by atoms with E-state index in [1.54, 1.807) is 12.1 Å². The fourth-order valence-electron chi connectivity index (χ4n) is 6.21. The molecule has 6 rings (SSSR count). The number of rotatable bonds is 4. The number of aromatic carboxylic acids is 1. The van der Waals surface area contributed by atoms with Gasteiger partial charge < -0.3 is 10.4 Å². The summed E-state index contributed by atoms with van der Waals surface area (Å²) in [4.78, 5) is 28.2. The zero-order valence-electron chi connectivity index (χ0n) is 14.9. The van der Waals surface area contributed by atoms with E-state index in [0.29, 0.717) is 17.2 Å². The largest absolute Gasteiger partial charge is 0.476 e. The molecule has 7 heteroatoms. The molecule has 2 heterocycles. The van der Waals surface area contributed by atoms with Crippen LogP contribution in [0.2, 0.25) is 5.02 Å². The van der Waals surface area contributed by atoms with Crippen LogP contribution < -0.4 is 5.32 Å². The van der Waals surface area contributed by atoms with Crippen LogP contribution in [0.3, 0.4) is 0 Å². The van der Waals surface area contributed by atoms with Crippen molar-refractivity contribution in [2.24, 2.45) is 23.2 Å². The third-order valence-corrected chi connectivity index (χ3v) is 7.11. The molecule has 4 bridgehead atoms. The van der Waals surface area contributed by atoms with Gasteiger partial charge in [0, 0.05) is 12.7 Å². The number of pyridine rings is 1. The summed E-state index contributed by atoms with van der Waals surface area (Å²) < 4.78 is 1.47. The van der Waals surface area contributed by atoms with Gasteiger partial charge in [-0.3, -0.25) is 9.20 Å². The van der Waals surface area contributed by atoms with Crippen LogP contribution in [0, 0.1) is 23.2 Å². The number of fused-ring (bicyclic) bond motifs is 1. The lowest BCUT2D eigenvalue weighted by molar-refractivity contribution is -0.0503. The van der Waals surface area contributed by atoms with Gasteiger partial charge in [0.15, 0.2) is 5.69 Å². The molecule has 0 saturated heterocycles. The van der Waals surface area contributed by atoms with Gasteiger partial charge in [0.25, 0.3) is 5.91 Å². The van der Waals surface area contributed by atoms with Gasteiger partial charge in [-0.15, -0.1) is 0 Å². The molecule has 6 nitrogen and oxygen atoms in total. The number of halogens is 1. The Balaban J connectivity index is 1.40. The summed E-state index contributed by atoms with van der Waals surface area (Å²) in [5, 5.41) is 12.6. The van der Waals surface area contributed by atoms with Crippen LogP contribution in [-0.4, -0.2) is 32.9 Å². The van der Waals surface area contributed by atoms with E-state index in [1.165, 1.54) is 49.1 Å². The van der Waals surface area contributed by atoms with Crippen molar-refractivity contribution in [2.45, 2.75) is 38.5 Å². The highest BCUT2D eigenvalue weighted by Gasteiger charge is 2.50. The third kappa shape index (κ3) is 2.81. The molecule has 0 atom stereocenters. The van der Waals surface area contributed by atoms with Crippen molar-refractivity contribution >= 4 is 29.1 Å². The number of carbonyl (C=O) groups excluding carboxylic acids is 1. The molecule has 2 aromatic rings. The standard InChI is InChI=1S/C20H22ClN3O3/c21-14-1-2-16-23-15(19(26)27)9-24(16)17(14)18(25)22-10-20-6-11-3-12(7-20)5-13(4-11)8-20/h1-2,9,11-13H,3-8,10H2,(H,22,25)(H,26,27). The number of imidazole rings is 1. The molecular formula is C20H22ClN3O3. The predicted molar refractivity (Wildman–Crippen MR) is 100 cm³/mol. The Bertz CT molecular complexity index is 916. The second kappa shape index (κ2) is 5.96. The quantitative estimate of drug-likeness (QED) is 0.839. The molecule has 4 aliphatic carbocycles. The van der Waals surface area contributed by atoms with Crippen LogP contribution >= 0.6 is 11.6 Å². The zero-order valence-corrected chi connectivity index (χ0v) is 15.7. The van der Waals surface area contributed by atoms with Crippen LogP contribution in [-0.2, 0) is 0 Å². The van der Waals surface area contributed by atoms with Gasteiger partial charge in [-0.1, -0.05) is 11.6 Å². The molecule has 0 aromatic carbocycles. The normalized spacial score (nSPS) is 31.4. The third-order valence-electron chi connectivity index (χ3n) is 6.80. The molecule has 0 spiro atoms. The van der Waals surface area contributed by atoms with Gasteiger partial charge in [0.1, 0.15) is 11.3 Å². The molecule has 0 aliphatic heterocycles. The van der Waals surface area contributed by atoms with Gasteiger partial charge in [-0.2, -0.15) is 0 Å². The fourth-order valence-corrected chi connectivity index (χ4v) is 6.45. The summed E-state index contributed by atoms with van der Waals surface area (Å²) in [6.07, 6.45) is 9.09. The van der Waals surface area contributed by atoms with E-state index >= 15 is 0 Å². The zero-order chi connectivity index (χ0) is 18.8. The number of carboxylic acids is 1. The Labute approximate surface area is 161 Å². The molecule has 142 valence electrons. The number of carbonyl (C=O) groups is 2. The van der Waals surface area contributed by atoms with Gasteiger partial charge in [-0.05, 0) is 73.8 Å². The molecule has 1 amide bonds.